The fourth-order valence-electron chi connectivity index (χ4n) is 0.994. The van der Waals surface area contributed by atoms with Gasteiger partial charge in [-0.1, -0.05) is 12.1 Å². The first-order chi connectivity index (χ1) is 7.69. The number of hydrogen-bond acceptors (Lipinski definition) is 5. The first-order valence-electron chi connectivity index (χ1n) is 4.19. The second-order valence-electron chi connectivity index (χ2n) is 2.70. The van der Waals surface area contributed by atoms with Crippen LogP contribution < -0.4 is 5.32 Å². The Hall–Kier alpha value is -2.86. The van der Waals surface area contributed by atoms with Crippen molar-refractivity contribution in [3.05, 3.63) is 46.2 Å². The van der Waals surface area contributed by atoms with Crippen molar-refractivity contribution in [1.82, 2.24) is 0 Å². The number of benzene rings is 1. The standard InChI is InChI=1S/C10H6N4O2/c11-5-8(6-12)7-13-9-3-1-2-4-10(9)14(15)16/h1-4,7,13H. The van der Waals surface area contributed by atoms with Crippen molar-refractivity contribution in [3.8, 4) is 12.1 Å². The Bertz CT molecular complexity index is 506. The van der Waals surface area contributed by atoms with Crippen LogP contribution in [0.3, 0.4) is 0 Å². The third kappa shape index (κ3) is 2.56. The summed E-state index contributed by atoms with van der Waals surface area (Å²) in [6.45, 7) is 0. The molecule has 1 aromatic carbocycles. The summed E-state index contributed by atoms with van der Waals surface area (Å²) in [5, 5.41) is 30.1. The monoisotopic (exact) mass is 214 g/mol. The van der Waals surface area contributed by atoms with E-state index in [2.05, 4.69) is 5.32 Å². The lowest BCUT2D eigenvalue weighted by Crippen LogP contribution is -1.96. The Labute approximate surface area is 91.2 Å². The lowest BCUT2D eigenvalue weighted by atomic mass is 10.2. The Morgan fingerprint density at radius 3 is 2.56 bits per heavy atom. The molecule has 0 unspecified atom stereocenters. The SMILES string of the molecule is N#CC(C#N)=CNc1ccccc1[N+](=O)[O-]. The Morgan fingerprint density at radius 1 is 1.38 bits per heavy atom. The normalized spacial score (nSPS) is 8.38. The van der Waals surface area contributed by atoms with Gasteiger partial charge in [0, 0.05) is 12.3 Å². The predicted octanol–water partition coefficient (Wildman–Crippen LogP) is 1.94. The second-order valence-corrected chi connectivity index (χ2v) is 2.70. The number of nitro benzene ring substituents is 1. The molecule has 0 heterocycles. The Balaban J connectivity index is 3.00. The van der Waals surface area contributed by atoms with Crippen LogP contribution >= 0.6 is 0 Å². The summed E-state index contributed by atoms with van der Waals surface area (Å²) in [5.74, 6) is 0. The minimum absolute atomic E-state index is 0.117. The fraction of sp³-hybridized carbons (Fsp3) is 0. The lowest BCUT2D eigenvalue weighted by molar-refractivity contribution is -0.383. The minimum atomic E-state index is -0.547. The number of para-hydroxylation sites is 2. The molecular weight excluding hydrogens is 208 g/mol. The highest BCUT2D eigenvalue weighted by Crippen LogP contribution is 2.23. The number of nitrogens with zero attached hydrogens (tertiary/aromatic N) is 3. The van der Waals surface area contributed by atoms with Gasteiger partial charge in [-0.3, -0.25) is 10.1 Å². The maximum absolute atomic E-state index is 10.6. The fourth-order valence-corrected chi connectivity index (χ4v) is 0.994. The number of anilines is 1. The molecular formula is C10H6N4O2. The van der Waals surface area contributed by atoms with E-state index in [-0.39, 0.29) is 16.9 Å². The van der Waals surface area contributed by atoms with Crippen LogP contribution in [0.15, 0.2) is 36.0 Å². The molecule has 1 N–H and O–H groups in total. The van der Waals surface area contributed by atoms with Crippen LogP contribution in [0.5, 0.6) is 0 Å². The molecule has 0 atom stereocenters. The van der Waals surface area contributed by atoms with Gasteiger partial charge in [-0.2, -0.15) is 10.5 Å². The van der Waals surface area contributed by atoms with E-state index in [0.717, 1.165) is 6.20 Å². The van der Waals surface area contributed by atoms with E-state index < -0.39 is 4.92 Å². The average molecular weight is 214 g/mol. The maximum atomic E-state index is 10.6. The Morgan fingerprint density at radius 2 is 2.00 bits per heavy atom. The van der Waals surface area contributed by atoms with Gasteiger partial charge in [0.1, 0.15) is 23.4 Å². The summed E-state index contributed by atoms with van der Waals surface area (Å²) in [4.78, 5) is 10.1. The maximum Gasteiger partial charge on any atom is 0.292 e. The van der Waals surface area contributed by atoms with Crippen LogP contribution in [0, 0.1) is 32.8 Å². The van der Waals surface area contributed by atoms with Crippen LogP contribution in [0.2, 0.25) is 0 Å². The molecule has 6 heteroatoms. The summed E-state index contributed by atoms with van der Waals surface area (Å²) in [5.41, 5.74) is -0.0392. The zero-order valence-electron chi connectivity index (χ0n) is 8.04. The van der Waals surface area contributed by atoms with Crippen molar-refractivity contribution in [2.75, 3.05) is 5.32 Å². The minimum Gasteiger partial charge on any atom is -0.354 e. The van der Waals surface area contributed by atoms with Crippen molar-refractivity contribution in [2.24, 2.45) is 0 Å². The number of nitro groups is 1. The molecule has 16 heavy (non-hydrogen) atoms. The molecule has 1 rings (SSSR count). The van der Waals surface area contributed by atoms with Gasteiger partial charge in [0.05, 0.1) is 4.92 Å². The van der Waals surface area contributed by atoms with Gasteiger partial charge in [0.15, 0.2) is 0 Å². The van der Waals surface area contributed by atoms with Crippen LogP contribution in [0.4, 0.5) is 11.4 Å². The number of allylic oxidation sites excluding steroid dienone is 1. The number of hydrogen-bond donors (Lipinski definition) is 1. The summed E-state index contributed by atoms with van der Waals surface area (Å²) in [6.07, 6.45) is 1.13. The third-order valence-corrected chi connectivity index (χ3v) is 1.71. The Kier molecular flexibility index (Phi) is 3.59. The predicted molar refractivity (Wildman–Crippen MR) is 56.0 cm³/mol. The van der Waals surface area contributed by atoms with Crippen molar-refractivity contribution in [1.29, 1.82) is 10.5 Å². The highest BCUT2D eigenvalue weighted by molar-refractivity contribution is 5.63. The molecule has 0 aliphatic rings. The van der Waals surface area contributed by atoms with E-state index in [1.807, 2.05) is 0 Å². The second kappa shape index (κ2) is 5.13. The number of rotatable bonds is 3. The lowest BCUT2D eigenvalue weighted by Gasteiger charge is -2.00. The largest absolute Gasteiger partial charge is 0.354 e. The molecule has 0 radical (unpaired) electrons. The third-order valence-electron chi connectivity index (χ3n) is 1.71. The van der Waals surface area contributed by atoms with Gasteiger partial charge in [-0.05, 0) is 6.07 Å². The summed E-state index contributed by atoms with van der Waals surface area (Å²) < 4.78 is 0. The smallest absolute Gasteiger partial charge is 0.292 e. The van der Waals surface area contributed by atoms with Crippen LogP contribution in [-0.2, 0) is 0 Å². The molecule has 0 saturated heterocycles. The zero-order chi connectivity index (χ0) is 12.0. The molecule has 0 fully saturated rings. The first kappa shape index (κ1) is 11.2. The van der Waals surface area contributed by atoms with Gasteiger partial charge < -0.3 is 5.32 Å². The van der Waals surface area contributed by atoms with E-state index in [9.17, 15) is 10.1 Å². The van der Waals surface area contributed by atoms with E-state index in [0.29, 0.717) is 0 Å². The van der Waals surface area contributed by atoms with E-state index in [1.165, 1.54) is 18.2 Å². The van der Waals surface area contributed by atoms with Crippen LogP contribution in [0.25, 0.3) is 0 Å². The number of nitrogens with one attached hydrogen (secondary N) is 1. The molecule has 0 bridgehead atoms. The van der Waals surface area contributed by atoms with Crippen molar-refractivity contribution in [2.45, 2.75) is 0 Å². The van der Waals surface area contributed by atoms with Gasteiger partial charge in [-0.25, -0.2) is 0 Å². The summed E-state index contributed by atoms with van der Waals surface area (Å²) in [6, 6.07) is 9.23. The summed E-state index contributed by atoms with van der Waals surface area (Å²) >= 11 is 0. The molecule has 78 valence electrons. The van der Waals surface area contributed by atoms with Crippen LogP contribution in [-0.4, -0.2) is 4.92 Å². The quantitative estimate of drug-likeness (QED) is 0.470. The van der Waals surface area contributed by atoms with Crippen molar-refractivity contribution < 1.29 is 4.92 Å². The first-order valence-corrected chi connectivity index (χ1v) is 4.19. The topological polar surface area (TPSA) is 103 Å². The molecule has 0 amide bonds. The van der Waals surface area contributed by atoms with Gasteiger partial charge in [0.25, 0.3) is 5.69 Å². The van der Waals surface area contributed by atoms with E-state index >= 15 is 0 Å². The number of nitriles is 2. The van der Waals surface area contributed by atoms with E-state index in [1.54, 1.807) is 18.2 Å². The molecule has 1 aromatic rings. The highest BCUT2D eigenvalue weighted by Gasteiger charge is 2.10. The molecule has 0 aliphatic heterocycles. The molecule has 6 nitrogen and oxygen atoms in total. The van der Waals surface area contributed by atoms with Crippen molar-refractivity contribution >= 4 is 11.4 Å². The van der Waals surface area contributed by atoms with Gasteiger partial charge >= 0.3 is 0 Å². The van der Waals surface area contributed by atoms with Gasteiger partial charge in [-0.15, -0.1) is 0 Å². The van der Waals surface area contributed by atoms with E-state index in [4.69, 9.17) is 10.5 Å². The highest BCUT2D eigenvalue weighted by atomic mass is 16.6. The molecule has 0 saturated carbocycles. The van der Waals surface area contributed by atoms with Crippen molar-refractivity contribution in [3.63, 3.8) is 0 Å². The molecule has 0 spiro atoms. The van der Waals surface area contributed by atoms with Gasteiger partial charge in [0.2, 0.25) is 0 Å². The average Bonchev–Trinajstić information content (AvgIpc) is 2.30. The van der Waals surface area contributed by atoms with Crippen LogP contribution in [0.1, 0.15) is 0 Å². The summed E-state index contributed by atoms with van der Waals surface area (Å²) in [7, 11) is 0. The molecule has 0 aromatic heterocycles. The zero-order valence-corrected chi connectivity index (χ0v) is 8.04. The molecule has 0 aliphatic carbocycles.